The third kappa shape index (κ3) is 8.04. The normalized spacial score (nSPS) is 12.5. The van der Waals surface area contributed by atoms with E-state index in [1.165, 1.54) is 68.4 Å². The molecule has 1 aromatic carbocycles. The quantitative estimate of drug-likeness (QED) is 0.415. The van der Waals surface area contributed by atoms with Crippen molar-refractivity contribution in [2.45, 2.75) is 80.1 Å². The summed E-state index contributed by atoms with van der Waals surface area (Å²) in [5, 5.41) is 0. The molecule has 0 radical (unpaired) electrons. The smallest absolute Gasteiger partial charge is 0.0404 e. The summed E-state index contributed by atoms with van der Waals surface area (Å²) in [4.78, 5) is 2.64. The fourth-order valence-corrected chi connectivity index (χ4v) is 2.95. The topological polar surface area (TPSA) is 3.24 Å². The van der Waals surface area contributed by atoms with Crippen LogP contribution in [0.5, 0.6) is 0 Å². The van der Waals surface area contributed by atoms with Crippen LogP contribution in [0.1, 0.15) is 84.3 Å². The van der Waals surface area contributed by atoms with Gasteiger partial charge in [-0.1, -0.05) is 96.2 Å². The van der Waals surface area contributed by atoms with Crippen LogP contribution in [0, 0.1) is 12.3 Å². The molecule has 0 spiro atoms. The molecule has 0 aliphatic heterocycles. The molecule has 0 unspecified atom stereocenters. The highest BCUT2D eigenvalue weighted by Crippen LogP contribution is 2.28. The lowest BCUT2D eigenvalue weighted by Gasteiger charge is -2.30. The van der Waals surface area contributed by atoms with E-state index in [0.717, 1.165) is 0 Å². The second-order valence-corrected chi connectivity index (χ2v) is 8.16. The van der Waals surface area contributed by atoms with Crippen molar-refractivity contribution in [2.75, 3.05) is 13.1 Å². The third-order valence-electron chi connectivity index (χ3n) is 4.32. The standard InChI is InChI=1S/C23H39N/c1-7-9-11-17-24(18-12-10-8-2)22(19-23(4,5)6)21-15-13-20(3)14-16-21/h13-16,19H,7-12,17-18H2,1-6H3/b22-19+. The van der Waals surface area contributed by atoms with E-state index in [1.54, 1.807) is 0 Å². The maximum atomic E-state index is 2.64. The molecule has 0 atom stereocenters. The Morgan fingerprint density at radius 3 is 1.79 bits per heavy atom. The van der Waals surface area contributed by atoms with Gasteiger partial charge in [-0.05, 0) is 30.7 Å². The van der Waals surface area contributed by atoms with Gasteiger partial charge < -0.3 is 4.90 Å². The lowest BCUT2D eigenvalue weighted by molar-refractivity contribution is 0.367. The van der Waals surface area contributed by atoms with E-state index in [4.69, 9.17) is 0 Å². The molecule has 0 bridgehead atoms. The molecule has 0 saturated carbocycles. The molecule has 0 heterocycles. The van der Waals surface area contributed by atoms with Crippen LogP contribution in [0.25, 0.3) is 5.70 Å². The Morgan fingerprint density at radius 1 is 0.875 bits per heavy atom. The first-order valence-electron chi connectivity index (χ1n) is 9.92. The molecule has 136 valence electrons. The summed E-state index contributed by atoms with van der Waals surface area (Å²) in [5.74, 6) is 0. The molecule has 1 nitrogen and oxygen atoms in total. The highest BCUT2D eigenvalue weighted by molar-refractivity contribution is 5.65. The van der Waals surface area contributed by atoms with Gasteiger partial charge in [0.15, 0.2) is 0 Å². The molecule has 0 aromatic heterocycles. The first-order chi connectivity index (χ1) is 11.4. The Labute approximate surface area is 151 Å². The molecule has 0 aliphatic carbocycles. The van der Waals surface area contributed by atoms with Crippen molar-refractivity contribution in [1.82, 2.24) is 4.90 Å². The van der Waals surface area contributed by atoms with Gasteiger partial charge in [-0.2, -0.15) is 0 Å². The van der Waals surface area contributed by atoms with Crippen LogP contribution in [-0.2, 0) is 0 Å². The van der Waals surface area contributed by atoms with Crippen molar-refractivity contribution >= 4 is 5.70 Å². The number of hydrogen-bond donors (Lipinski definition) is 0. The van der Waals surface area contributed by atoms with Gasteiger partial charge in [0.05, 0.1) is 0 Å². The van der Waals surface area contributed by atoms with E-state index in [-0.39, 0.29) is 5.41 Å². The van der Waals surface area contributed by atoms with Crippen LogP contribution in [0.15, 0.2) is 30.3 Å². The lowest BCUT2D eigenvalue weighted by Crippen LogP contribution is -2.26. The monoisotopic (exact) mass is 329 g/mol. The summed E-state index contributed by atoms with van der Waals surface area (Å²) in [6, 6.07) is 9.06. The predicted octanol–water partition coefficient (Wildman–Crippen LogP) is 7.06. The summed E-state index contributed by atoms with van der Waals surface area (Å²) in [5.41, 5.74) is 4.31. The first kappa shape index (κ1) is 20.8. The van der Waals surface area contributed by atoms with E-state index in [9.17, 15) is 0 Å². The van der Waals surface area contributed by atoms with Gasteiger partial charge in [0.1, 0.15) is 0 Å². The second kappa shape index (κ2) is 10.6. The fraction of sp³-hybridized carbons (Fsp3) is 0.652. The fourth-order valence-electron chi connectivity index (χ4n) is 2.95. The van der Waals surface area contributed by atoms with Crippen LogP contribution in [0.2, 0.25) is 0 Å². The first-order valence-corrected chi connectivity index (χ1v) is 9.92. The zero-order valence-corrected chi connectivity index (χ0v) is 17.0. The summed E-state index contributed by atoms with van der Waals surface area (Å²) >= 11 is 0. The molecule has 0 aliphatic rings. The van der Waals surface area contributed by atoms with Crippen molar-refractivity contribution in [3.63, 3.8) is 0 Å². The van der Waals surface area contributed by atoms with Gasteiger partial charge in [-0.3, -0.25) is 0 Å². The van der Waals surface area contributed by atoms with Crippen molar-refractivity contribution in [3.8, 4) is 0 Å². The maximum absolute atomic E-state index is 2.64. The largest absolute Gasteiger partial charge is 0.371 e. The molecular formula is C23H39N. The van der Waals surface area contributed by atoms with Crippen molar-refractivity contribution in [3.05, 3.63) is 41.5 Å². The Kier molecular flexibility index (Phi) is 9.18. The SMILES string of the molecule is CCCCCN(CCCCC)/C(=C/C(C)(C)C)c1ccc(C)cc1. The van der Waals surface area contributed by atoms with Crippen LogP contribution in [0.4, 0.5) is 0 Å². The molecule has 0 fully saturated rings. The Bertz CT molecular complexity index is 466. The van der Waals surface area contributed by atoms with Crippen molar-refractivity contribution < 1.29 is 0 Å². The molecule has 1 heteroatoms. The molecule has 1 aromatic rings. The van der Waals surface area contributed by atoms with Crippen LogP contribution in [-0.4, -0.2) is 18.0 Å². The second-order valence-electron chi connectivity index (χ2n) is 8.16. The minimum absolute atomic E-state index is 0.188. The van der Waals surface area contributed by atoms with Crippen LogP contribution in [0.3, 0.4) is 0 Å². The van der Waals surface area contributed by atoms with E-state index < -0.39 is 0 Å². The number of nitrogens with zero attached hydrogens (tertiary/aromatic N) is 1. The number of allylic oxidation sites excluding steroid dienone is 1. The van der Waals surface area contributed by atoms with Crippen LogP contribution < -0.4 is 0 Å². The van der Waals surface area contributed by atoms with E-state index in [2.05, 4.69) is 76.8 Å². The lowest BCUT2D eigenvalue weighted by atomic mass is 9.92. The Morgan fingerprint density at radius 2 is 1.38 bits per heavy atom. The zero-order chi connectivity index (χ0) is 18.0. The minimum Gasteiger partial charge on any atom is -0.371 e. The molecule has 0 amide bonds. The number of benzene rings is 1. The highest BCUT2D eigenvalue weighted by Gasteiger charge is 2.16. The van der Waals surface area contributed by atoms with Gasteiger partial charge in [0, 0.05) is 18.8 Å². The average molecular weight is 330 g/mol. The molecule has 0 N–H and O–H groups in total. The minimum atomic E-state index is 0.188. The zero-order valence-electron chi connectivity index (χ0n) is 17.0. The summed E-state index contributed by atoms with van der Waals surface area (Å²) in [6.07, 6.45) is 10.3. The number of rotatable bonds is 10. The summed E-state index contributed by atoms with van der Waals surface area (Å²) in [7, 11) is 0. The van der Waals surface area contributed by atoms with Gasteiger partial charge in [0.2, 0.25) is 0 Å². The molecule has 1 rings (SSSR count). The van der Waals surface area contributed by atoms with Gasteiger partial charge in [0.25, 0.3) is 0 Å². The third-order valence-corrected chi connectivity index (χ3v) is 4.32. The van der Waals surface area contributed by atoms with E-state index >= 15 is 0 Å². The predicted molar refractivity (Wildman–Crippen MR) is 109 cm³/mol. The summed E-state index contributed by atoms with van der Waals surface area (Å²) < 4.78 is 0. The van der Waals surface area contributed by atoms with E-state index in [0.29, 0.717) is 0 Å². The van der Waals surface area contributed by atoms with E-state index in [1.807, 2.05) is 0 Å². The number of hydrogen-bond acceptors (Lipinski definition) is 1. The van der Waals surface area contributed by atoms with Crippen LogP contribution >= 0.6 is 0 Å². The Balaban J connectivity index is 3.08. The molecule has 0 saturated heterocycles. The van der Waals surface area contributed by atoms with Gasteiger partial charge >= 0.3 is 0 Å². The maximum Gasteiger partial charge on any atom is 0.0404 e. The number of unbranched alkanes of at least 4 members (excludes halogenated alkanes) is 4. The van der Waals surface area contributed by atoms with Crippen molar-refractivity contribution in [1.29, 1.82) is 0 Å². The van der Waals surface area contributed by atoms with Gasteiger partial charge in [-0.15, -0.1) is 0 Å². The van der Waals surface area contributed by atoms with Gasteiger partial charge in [-0.25, -0.2) is 0 Å². The van der Waals surface area contributed by atoms with Crippen molar-refractivity contribution in [2.24, 2.45) is 5.41 Å². The molecule has 24 heavy (non-hydrogen) atoms. The highest BCUT2D eigenvalue weighted by atomic mass is 15.1. The number of aryl methyl sites for hydroxylation is 1. The average Bonchev–Trinajstić information content (AvgIpc) is 2.52. The Hall–Kier alpha value is -1.24. The summed E-state index contributed by atoms with van der Waals surface area (Å²) in [6.45, 7) is 16.0. The molecular weight excluding hydrogens is 290 g/mol.